The van der Waals surface area contributed by atoms with Crippen molar-refractivity contribution in [3.8, 4) is 0 Å². The average molecular weight is 279 g/mol. The third-order valence-corrected chi connectivity index (χ3v) is 3.98. The van der Waals surface area contributed by atoms with E-state index in [9.17, 15) is 14.7 Å². The summed E-state index contributed by atoms with van der Waals surface area (Å²) < 4.78 is 0. The van der Waals surface area contributed by atoms with Crippen molar-refractivity contribution >= 4 is 11.9 Å². The molecule has 1 aromatic rings. The molecule has 0 aromatic carbocycles. The quantitative estimate of drug-likeness (QED) is 0.758. The molecule has 0 saturated heterocycles. The van der Waals surface area contributed by atoms with Crippen LogP contribution in [0.15, 0.2) is 12.5 Å². The lowest BCUT2D eigenvalue weighted by Crippen LogP contribution is -2.45. The molecule has 110 valence electrons. The molecular formula is C14H21N3O3. The zero-order valence-corrected chi connectivity index (χ0v) is 11.6. The van der Waals surface area contributed by atoms with Gasteiger partial charge in [-0.3, -0.25) is 4.79 Å². The van der Waals surface area contributed by atoms with E-state index < -0.39 is 12.0 Å². The molecule has 0 aliphatic heterocycles. The van der Waals surface area contributed by atoms with Crippen LogP contribution in [-0.4, -0.2) is 33.0 Å². The number of H-pyrrole nitrogens is 1. The fourth-order valence-corrected chi connectivity index (χ4v) is 2.63. The number of aliphatic carboxylic acids is 1. The van der Waals surface area contributed by atoms with Gasteiger partial charge in [0.1, 0.15) is 6.04 Å². The summed E-state index contributed by atoms with van der Waals surface area (Å²) in [5, 5.41) is 11.9. The Labute approximate surface area is 118 Å². The van der Waals surface area contributed by atoms with Gasteiger partial charge in [0.15, 0.2) is 0 Å². The normalized spacial score (nSPS) is 24.1. The maximum atomic E-state index is 12.1. The maximum absolute atomic E-state index is 12.1. The molecule has 20 heavy (non-hydrogen) atoms. The van der Waals surface area contributed by atoms with Crippen molar-refractivity contribution in [2.75, 3.05) is 0 Å². The number of rotatable bonds is 5. The Bertz CT molecular complexity index is 450. The monoisotopic (exact) mass is 279 g/mol. The van der Waals surface area contributed by atoms with Crippen LogP contribution < -0.4 is 5.32 Å². The number of nitrogens with one attached hydrogen (secondary N) is 2. The molecule has 1 saturated carbocycles. The summed E-state index contributed by atoms with van der Waals surface area (Å²) >= 11 is 0. The van der Waals surface area contributed by atoms with Crippen molar-refractivity contribution in [2.24, 2.45) is 11.8 Å². The van der Waals surface area contributed by atoms with Crippen LogP contribution in [0.5, 0.6) is 0 Å². The summed E-state index contributed by atoms with van der Waals surface area (Å²) in [6.07, 6.45) is 7.08. The van der Waals surface area contributed by atoms with Crippen LogP contribution >= 0.6 is 0 Å². The van der Waals surface area contributed by atoms with Crippen LogP contribution in [0.4, 0.5) is 0 Å². The van der Waals surface area contributed by atoms with Gasteiger partial charge in [0, 0.05) is 24.2 Å². The summed E-state index contributed by atoms with van der Waals surface area (Å²) in [5.41, 5.74) is 0.704. The van der Waals surface area contributed by atoms with Crippen LogP contribution in [0.25, 0.3) is 0 Å². The number of carbonyl (C=O) groups excluding carboxylic acids is 1. The van der Waals surface area contributed by atoms with E-state index in [1.807, 2.05) is 0 Å². The van der Waals surface area contributed by atoms with Crippen molar-refractivity contribution < 1.29 is 14.7 Å². The van der Waals surface area contributed by atoms with Crippen LogP contribution in [0.3, 0.4) is 0 Å². The van der Waals surface area contributed by atoms with Crippen molar-refractivity contribution in [1.82, 2.24) is 15.3 Å². The number of nitrogens with zero attached hydrogens (tertiary/aromatic N) is 1. The molecule has 1 fully saturated rings. The zero-order valence-electron chi connectivity index (χ0n) is 11.6. The number of hydrogen-bond donors (Lipinski definition) is 3. The Morgan fingerprint density at radius 3 is 2.70 bits per heavy atom. The highest BCUT2D eigenvalue weighted by atomic mass is 16.4. The molecule has 1 atom stereocenters. The minimum absolute atomic E-state index is 0.0465. The van der Waals surface area contributed by atoms with Gasteiger partial charge in [0.2, 0.25) is 5.91 Å². The fourth-order valence-electron chi connectivity index (χ4n) is 2.63. The summed E-state index contributed by atoms with van der Waals surface area (Å²) in [5.74, 6) is -0.532. The van der Waals surface area contributed by atoms with Gasteiger partial charge >= 0.3 is 5.97 Å². The Kier molecular flexibility index (Phi) is 4.76. The molecule has 1 heterocycles. The second kappa shape index (κ2) is 6.54. The molecule has 0 unspecified atom stereocenters. The summed E-state index contributed by atoms with van der Waals surface area (Å²) in [4.78, 5) is 30.1. The number of hydrogen-bond acceptors (Lipinski definition) is 3. The molecule has 1 aliphatic carbocycles. The van der Waals surface area contributed by atoms with Crippen LogP contribution in [0.2, 0.25) is 0 Å². The highest BCUT2D eigenvalue weighted by Gasteiger charge is 2.28. The lowest BCUT2D eigenvalue weighted by molar-refractivity contribution is -0.142. The minimum atomic E-state index is -1.02. The first-order valence-corrected chi connectivity index (χ1v) is 7.06. The second-order valence-electron chi connectivity index (χ2n) is 5.64. The van der Waals surface area contributed by atoms with E-state index in [0.29, 0.717) is 11.6 Å². The maximum Gasteiger partial charge on any atom is 0.326 e. The zero-order chi connectivity index (χ0) is 14.5. The third-order valence-electron chi connectivity index (χ3n) is 3.98. The van der Waals surface area contributed by atoms with Gasteiger partial charge in [-0.25, -0.2) is 9.78 Å². The average Bonchev–Trinajstić information content (AvgIpc) is 2.91. The van der Waals surface area contributed by atoms with E-state index in [4.69, 9.17) is 0 Å². The first-order chi connectivity index (χ1) is 9.56. The molecule has 1 amide bonds. The largest absolute Gasteiger partial charge is 0.480 e. The Morgan fingerprint density at radius 1 is 1.45 bits per heavy atom. The molecule has 0 spiro atoms. The molecule has 2 rings (SSSR count). The molecule has 3 N–H and O–H groups in total. The van der Waals surface area contributed by atoms with Gasteiger partial charge in [0.25, 0.3) is 0 Å². The molecule has 0 radical (unpaired) electrons. The van der Waals surface area contributed by atoms with Gasteiger partial charge in [-0.15, -0.1) is 0 Å². The number of aromatic nitrogens is 2. The number of carboxylic acids is 1. The van der Waals surface area contributed by atoms with Crippen molar-refractivity contribution in [3.05, 3.63) is 18.2 Å². The lowest BCUT2D eigenvalue weighted by Gasteiger charge is -2.26. The van der Waals surface area contributed by atoms with Crippen LogP contribution in [-0.2, 0) is 16.0 Å². The van der Waals surface area contributed by atoms with Crippen molar-refractivity contribution in [2.45, 2.75) is 45.1 Å². The van der Waals surface area contributed by atoms with E-state index in [1.165, 1.54) is 6.33 Å². The summed E-state index contributed by atoms with van der Waals surface area (Å²) in [6, 6.07) is -0.901. The summed E-state index contributed by atoms with van der Waals surface area (Å²) in [6.45, 7) is 2.19. The molecule has 1 aromatic heterocycles. The number of imidazole rings is 1. The Morgan fingerprint density at radius 2 is 2.15 bits per heavy atom. The van der Waals surface area contributed by atoms with Gasteiger partial charge in [-0.2, -0.15) is 0 Å². The van der Waals surface area contributed by atoms with Crippen molar-refractivity contribution in [3.63, 3.8) is 0 Å². The minimum Gasteiger partial charge on any atom is -0.480 e. The standard InChI is InChI=1S/C14H21N3O3/c1-9-2-4-10(5-3-9)13(18)17-12(14(19)20)6-11-7-15-8-16-11/h7-10,12H,2-6H2,1H3,(H,15,16)(H,17,18)(H,19,20)/t9?,10?,12-/m1/s1. The first-order valence-electron chi connectivity index (χ1n) is 7.06. The third kappa shape index (κ3) is 3.82. The van der Waals surface area contributed by atoms with Crippen LogP contribution in [0, 0.1) is 11.8 Å². The smallest absolute Gasteiger partial charge is 0.326 e. The molecule has 1 aliphatic rings. The summed E-state index contributed by atoms with van der Waals surface area (Å²) in [7, 11) is 0. The van der Waals surface area contributed by atoms with E-state index in [-0.39, 0.29) is 18.2 Å². The molecule has 6 nitrogen and oxygen atoms in total. The number of aromatic amines is 1. The van der Waals surface area contributed by atoms with Gasteiger partial charge in [-0.05, 0) is 31.6 Å². The predicted molar refractivity (Wildman–Crippen MR) is 73.0 cm³/mol. The second-order valence-corrected chi connectivity index (χ2v) is 5.64. The highest BCUT2D eigenvalue weighted by molar-refractivity contribution is 5.85. The van der Waals surface area contributed by atoms with Gasteiger partial charge in [0.05, 0.1) is 6.33 Å². The van der Waals surface area contributed by atoms with Crippen LogP contribution in [0.1, 0.15) is 38.3 Å². The number of carboxylic acid groups (broad SMARTS) is 1. The highest BCUT2D eigenvalue weighted by Crippen LogP contribution is 2.28. The SMILES string of the molecule is CC1CCC(C(=O)N[C@H](Cc2cnc[nH]2)C(=O)O)CC1. The Hall–Kier alpha value is -1.85. The molecule has 6 heteroatoms. The Balaban J connectivity index is 1.90. The van der Waals surface area contributed by atoms with E-state index in [1.54, 1.807) is 6.20 Å². The van der Waals surface area contributed by atoms with Gasteiger partial charge < -0.3 is 15.4 Å². The van der Waals surface area contributed by atoms with E-state index in [2.05, 4.69) is 22.2 Å². The van der Waals surface area contributed by atoms with E-state index >= 15 is 0 Å². The predicted octanol–water partition coefficient (Wildman–Crippen LogP) is 1.35. The topological polar surface area (TPSA) is 95.1 Å². The number of carbonyl (C=O) groups is 2. The fraction of sp³-hybridized carbons (Fsp3) is 0.643. The number of amides is 1. The molecule has 0 bridgehead atoms. The molecular weight excluding hydrogens is 258 g/mol. The lowest BCUT2D eigenvalue weighted by atomic mass is 9.82. The van der Waals surface area contributed by atoms with E-state index in [0.717, 1.165) is 25.7 Å². The van der Waals surface area contributed by atoms with Gasteiger partial charge in [-0.1, -0.05) is 6.92 Å². The first kappa shape index (κ1) is 14.6. The van der Waals surface area contributed by atoms with Crippen molar-refractivity contribution in [1.29, 1.82) is 0 Å².